The lowest BCUT2D eigenvalue weighted by Crippen LogP contribution is -2.42. The SMILES string of the molecule is Cc1ccccc1CCN1CCCC(CN(C)C(=O)CCc2cn3ccccc3n2)C1. The number of nitrogens with zero attached hydrogens (tertiary/aromatic N) is 4. The highest BCUT2D eigenvalue weighted by Crippen LogP contribution is 2.19. The number of piperidine rings is 1. The van der Waals surface area contributed by atoms with Gasteiger partial charge < -0.3 is 14.2 Å². The van der Waals surface area contributed by atoms with Gasteiger partial charge in [-0.25, -0.2) is 4.98 Å². The van der Waals surface area contributed by atoms with Crippen molar-refractivity contribution in [3.63, 3.8) is 0 Å². The van der Waals surface area contributed by atoms with Gasteiger partial charge in [0.2, 0.25) is 5.91 Å². The number of hydrogen-bond donors (Lipinski definition) is 0. The van der Waals surface area contributed by atoms with Crippen LogP contribution in [0.15, 0.2) is 54.9 Å². The summed E-state index contributed by atoms with van der Waals surface area (Å²) in [6.07, 6.45) is 8.77. The Bertz CT molecular complexity index is 978. The zero-order valence-electron chi connectivity index (χ0n) is 18.8. The van der Waals surface area contributed by atoms with E-state index in [0.29, 0.717) is 18.8 Å². The highest BCUT2D eigenvalue weighted by molar-refractivity contribution is 5.76. The van der Waals surface area contributed by atoms with Gasteiger partial charge in [-0.15, -0.1) is 0 Å². The van der Waals surface area contributed by atoms with Crippen molar-refractivity contribution in [1.82, 2.24) is 19.2 Å². The molecule has 164 valence electrons. The van der Waals surface area contributed by atoms with Crippen LogP contribution in [-0.4, -0.2) is 58.3 Å². The molecule has 5 heteroatoms. The minimum absolute atomic E-state index is 0.217. The van der Waals surface area contributed by atoms with Crippen molar-refractivity contribution in [2.75, 3.05) is 33.2 Å². The lowest BCUT2D eigenvalue weighted by molar-refractivity contribution is -0.130. The second kappa shape index (κ2) is 10.1. The van der Waals surface area contributed by atoms with Crippen LogP contribution in [0.5, 0.6) is 0 Å². The first-order valence-electron chi connectivity index (χ1n) is 11.5. The fourth-order valence-corrected chi connectivity index (χ4v) is 4.70. The second-order valence-corrected chi connectivity index (χ2v) is 8.96. The average Bonchev–Trinajstić information content (AvgIpc) is 3.20. The van der Waals surface area contributed by atoms with E-state index in [2.05, 4.69) is 41.1 Å². The lowest BCUT2D eigenvalue weighted by Gasteiger charge is -2.35. The van der Waals surface area contributed by atoms with Gasteiger partial charge in [0.05, 0.1) is 5.69 Å². The summed E-state index contributed by atoms with van der Waals surface area (Å²) in [4.78, 5) is 21.8. The van der Waals surface area contributed by atoms with Gasteiger partial charge in [0.25, 0.3) is 0 Å². The van der Waals surface area contributed by atoms with Crippen molar-refractivity contribution in [1.29, 1.82) is 0 Å². The largest absolute Gasteiger partial charge is 0.345 e. The van der Waals surface area contributed by atoms with E-state index in [9.17, 15) is 4.79 Å². The maximum absolute atomic E-state index is 12.7. The van der Waals surface area contributed by atoms with Gasteiger partial charge in [-0.3, -0.25) is 4.79 Å². The Labute approximate surface area is 185 Å². The van der Waals surface area contributed by atoms with Crippen molar-refractivity contribution in [3.8, 4) is 0 Å². The van der Waals surface area contributed by atoms with E-state index in [-0.39, 0.29) is 5.91 Å². The quantitative estimate of drug-likeness (QED) is 0.555. The third-order valence-corrected chi connectivity index (χ3v) is 6.53. The third-order valence-electron chi connectivity index (χ3n) is 6.53. The first-order valence-corrected chi connectivity index (χ1v) is 11.5. The number of pyridine rings is 1. The minimum Gasteiger partial charge on any atom is -0.345 e. The molecule has 1 atom stereocenters. The molecule has 0 saturated carbocycles. The molecule has 3 aromatic rings. The lowest BCUT2D eigenvalue weighted by atomic mass is 9.96. The highest BCUT2D eigenvalue weighted by atomic mass is 16.2. The molecule has 0 bridgehead atoms. The number of imidazole rings is 1. The predicted molar refractivity (Wildman–Crippen MR) is 125 cm³/mol. The number of likely N-dealkylation sites (tertiary alicyclic amines) is 1. The van der Waals surface area contributed by atoms with Crippen LogP contribution < -0.4 is 0 Å². The summed E-state index contributed by atoms with van der Waals surface area (Å²) in [5, 5.41) is 0. The van der Waals surface area contributed by atoms with Crippen molar-refractivity contribution < 1.29 is 4.79 Å². The molecule has 0 N–H and O–H groups in total. The van der Waals surface area contributed by atoms with Gasteiger partial charge in [0, 0.05) is 45.5 Å². The Balaban J connectivity index is 1.23. The van der Waals surface area contributed by atoms with Gasteiger partial charge in [-0.1, -0.05) is 30.3 Å². The third kappa shape index (κ3) is 5.73. The van der Waals surface area contributed by atoms with E-state index in [1.54, 1.807) is 0 Å². The van der Waals surface area contributed by atoms with Crippen LogP contribution >= 0.6 is 0 Å². The van der Waals surface area contributed by atoms with E-state index >= 15 is 0 Å². The molecule has 1 aromatic carbocycles. The van der Waals surface area contributed by atoms with E-state index in [1.807, 2.05) is 46.9 Å². The molecule has 2 aromatic heterocycles. The zero-order chi connectivity index (χ0) is 21.6. The molecule has 4 rings (SSSR count). The second-order valence-electron chi connectivity index (χ2n) is 8.96. The normalized spacial score (nSPS) is 17.2. The van der Waals surface area contributed by atoms with Gasteiger partial charge in [0.15, 0.2) is 0 Å². The summed E-state index contributed by atoms with van der Waals surface area (Å²) in [5.74, 6) is 0.781. The van der Waals surface area contributed by atoms with Crippen molar-refractivity contribution in [2.45, 2.75) is 39.0 Å². The number of amides is 1. The molecular weight excluding hydrogens is 384 g/mol. The van der Waals surface area contributed by atoms with Crippen LogP contribution in [0.2, 0.25) is 0 Å². The fourth-order valence-electron chi connectivity index (χ4n) is 4.70. The number of fused-ring (bicyclic) bond motifs is 1. The number of rotatable bonds is 8. The van der Waals surface area contributed by atoms with E-state index in [4.69, 9.17) is 0 Å². The molecule has 1 aliphatic rings. The van der Waals surface area contributed by atoms with E-state index in [1.165, 1.54) is 30.5 Å². The van der Waals surface area contributed by atoms with Gasteiger partial charge >= 0.3 is 0 Å². The van der Waals surface area contributed by atoms with Crippen LogP contribution in [0, 0.1) is 12.8 Å². The van der Waals surface area contributed by atoms with Gasteiger partial charge in [0.1, 0.15) is 5.65 Å². The standard InChI is InChI=1S/C26H34N4O/c1-21-8-3-4-10-23(21)14-17-29-15-7-9-22(19-29)18-28(2)26(31)13-12-24-20-30-16-6-5-11-25(30)27-24/h3-6,8,10-11,16,20,22H,7,9,12-15,17-19H2,1-2H3. The molecule has 3 heterocycles. The topological polar surface area (TPSA) is 40.9 Å². The predicted octanol–water partition coefficient (Wildman–Crippen LogP) is 3.99. The molecule has 1 saturated heterocycles. The Morgan fingerprint density at radius 2 is 2.00 bits per heavy atom. The molecule has 1 fully saturated rings. The molecule has 31 heavy (non-hydrogen) atoms. The molecule has 0 aliphatic carbocycles. The molecular formula is C26H34N4O. The highest BCUT2D eigenvalue weighted by Gasteiger charge is 2.22. The summed E-state index contributed by atoms with van der Waals surface area (Å²) >= 11 is 0. The Kier molecular flexibility index (Phi) is 7.03. The Hall–Kier alpha value is -2.66. The van der Waals surface area contributed by atoms with Gasteiger partial charge in [-0.05, 0) is 68.3 Å². The Morgan fingerprint density at radius 3 is 2.84 bits per heavy atom. The summed E-state index contributed by atoms with van der Waals surface area (Å²) in [6.45, 7) is 6.42. The first kappa shape index (κ1) is 21.6. The number of carbonyl (C=O) groups is 1. The summed E-state index contributed by atoms with van der Waals surface area (Å²) in [7, 11) is 1.96. The first-order chi connectivity index (χ1) is 15.1. The van der Waals surface area contributed by atoms with Crippen LogP contribution in [0.25, 0.3) is 5.65 Å². The number of carbonyl (C=O) groups excluding carboxylic acids is 1. The van der Waals surface area contributed by atoms with Crippen molar-refractivity contribution >= 4 is 11.6 Å². The summed E-state index contributed by atoms with van der Waals surface area (Å²) in [6, 6.07) is 14.6. The number of aromatic nitrogens is 2. The van der Waals surface area contributed by atoms with Crippen molar-refractivity contribution in [3.05, 3.63) is 71.7 Å². The maximum Gasteiger partial charge on any atom is 0.222 e. The van der Waals surface area contributed by atoms with E-state index < -0.39 is 0 Å². The monoisotopic (exact) mass is 418 g/mol. The maximum atomic E-state index is 12.7. The average molecular weight is 419 g/mol. The molecule has 1 aliphatic heterocycles. The molecule has 0 spiro atoms. The molecule has 1 amide bonds. The Morgan fingerprint density at radius 1 is 1.16 bits per heavy atom. The zero-order valence-corrected chi connectivity index (χ0v) is 18.8. The minimum atomic E-state index is 0.217. The number of benzene rings is 1. The number of aryl methyl sites for hydroxylation is 2. The van der Waals surface area contributed by atoms with Crippen LogP contribution in [0.3, 0.4) is 0 Å². The van der Waals surface area contributed by atoms with Crippen LogP contribution in [-0.2, 0) is 17.6 Å². The molecule has 1 unspecified atom stereocenters. The molecule has 5 nitrogen and oxygen atoms in total. The smallest absolute Gasteiger partial charge is 0.222 e. The summed E-state index contributed by atoms with van der Waals surface area (Å²) < 4.78 is 2.01. The van der Waals surface area contributed by atoms with Gasteiger partial charge in [-0.2, -0.15) is 0 Å². The summed E-state index contributed by atoms with van der Waals surface area (Å²) in [5.41, 5.74) is 4.75. The number of hydrogen-bond acceptors (Lipinski definition) is 3. The van der Waals surface area contributed by atoms with Crippen molar-refractivity contribution in [2.24, 2.45) is 5.92 Å². The van der Waals surface area contributed by atoms with Crippen LogP contribution in [0.4, 0.5) is 0 Å². The van der Waals surface area contributed by atoms with E-state index in [0.717, 1.165) is 37.4 Å². The fraction of sp³-hybridized carbons (Fsp3) is 0.462. The van der Waals surface area contributed by atoms with Crippen LogP contribution in [0.1, 0.15) is 36.1 Å². The molecule has 0 radical (unpaired) electrons.